The minimum atomic E-state index is 0.659. The van der Waals surface area contributed by atoms with Crippen LogP contribution in [-0.4, -0.2) is 19.1 Å². The maximum Gasteiger partial charge on any atom is 0.235 e. The van der Waals surface area contributed by atoms with Crippen LogP contribution in [0.2, 0.25) is 0 Å². The van der Waals surface area contributed by atoms with Gasteiger partial charge in [-0.15, -0.1) is 11.3 Å². The van der Waals surface area contributed by atoms with Crippen LogP contribution in [0.1, 0.15) is 0 Å². The number of thiophene rings is 1. The third-order valence-electron chi connectivity index (χ3n) is 11.9. The molecule has 0 aliphatic carbocycles. The summed E-state index contributed by atoms with van der Waals surface area (Å²) in [6, 6.07) is 66.0. The number of para-hydroxylation sites is 3. The van der Waals surface area contributed by atoms with Crippen molar-refractivity contribution < 1.29 is 0 Å². The van der Waals surface area contributed by atoms with Crippen LogP contribution in [0.5, 0.6) is 0 Å². The highest BCUT2D eigenvalue weighted by Crippen LogP contribution is 2.43. The van der Waals surface area contributed by atoms with E-state index in [2.05, 4.69) is 191 Å². The molecule has 0 aliphatic heterocycles. The lowest BCUT2D eigenvalue weighted by Crippen LogP contribution is -2.03. The quantitative estimate of drug-likeness (QED) is 0.181. The lowest BCUT2D eigenvalue weighted by Gasteiger charge is -2.14. The second kappa shape index (κ2) is 11.6. The summed E-state index contributed by atoms with van der Waals surface area (Å²) in [7, 11) is 0. The summed E-state index contributed by atoms with van der Waals surface area (Å²) in [6.45, 7) is 0. The second-order valence-electron chi connectivity index (χ2n) is 15.0. The summed E-state index contributed by atoms with van der Waals surface area (Å²) < 4.78 is 7.27. The molecule has 0 fully saturated rings. The number of rotatable bonds is 3. The summed E-state index contributed by atoms with van der Waals surface area (Å²) in [5, 5.41) is 13.2. The largest absolute Gasteiger partial charge is 0.309 e. The molecule has 5 heteroatoms. The Labute approximate surface area is 330 Å². The van der Waals surface area contributed by atoms with Gasteiger partial charge in [0.05, 0.1) is 39.0 Å². The van der Waals surface area contributed by atoms with Gasteiger partial charge >= 0.3 is 0 Å². The lowest BCUT2D eigenvalue weighted by molar-refractivity contribution is 1.01. The van der Waals surface area contributed by atoms with Gasteiger partial charge in [-0.25, -0.2) is 9.97 Å². The molecule has 0 radical (unpaired) electrons. The predicted molar refractivity (Wildman–Crippen MR) is 242 cm³/mol. The van der Waals surface area contributed by atoms with Crippen LogP contribution >= 0.6 is 11.3 Å². The molecule has 4 heterocycles. The first kappa shape index (κ1) is 30.9. The Morgan fingerprint density at radius 2 is 0.965 bits per heavy atom. The first-order valence-electron chi connectivity index (χ1n) is 19.3. The minimum Gasteiger partial charge on any atom is -0.309 e. The van der Waals surface area contributed by atoms with Crippen LogP contribution in [-0.2, 0) is 0 Å². The van der Waals surface area contributed by atoms with Crippen molar-refractivity contribution in [2.75, 3.05) is 0 Å². The smallest absolute Gasteiger partial charge is 0.235 e. The van der Waals surface area contributed by atoms with Crippen LogP contribution in [0, 0.1) is 0 Å². The van der Waals surface area contributed by atoms with Gasteiger partial charge in [-0.2, -0.15) is 0 Å². The maximum atomic E-state index is 5.56. The Bertz CT molecular complexity index is 3830. The van der Waals surface area contributed by atoms with Crippen LogP contribution in [0.4, 0.5) is 0 Å². The monoisotopic (exact) mass is 742 g/mol. The molecule has 4 nitrogen and oxygen atoms in total. The van der Waals surface area contributed by atoms with Gasteiger partial charge in [0, 0.05) is 58.1 Å². The Morgan fingerprint density at radius 1 is 0.368 bits per heavy atom. The number of aromatic nitrogens is 4. The fourth-order valence-corrected chi connectivity index (χ4v) is 10.5. The lowest BCUT2D eigenvalue weighted by atomic mass is 10.0. The van der Waals surface area contributed by atoms with E-state index in [0.29, 0.717) is 5.95 Å². The van der Waals surface area contributed by atoms with Crippen LogP contribution in [0.3, 0.4) is 0 Å². The molecule has 57 heavy (non-hydrogen) atoms. The molecule has 0 aliphatic rings. The molecule has 0 saturated carbocycles. The van der Waals surface area contributed by atoms with Crippen molar-refractivity contribution in [3.8, 4) is 22.9 Å². The maximum absolute atomic E-state index is 5.56. The van der Waals surface area contributed by atoms with E-state index in [4.69, 9.17) is 9.97 Å². The summed E-state index contributed by atoms with van der Waals surface area (Å²) in [4.78, 5) is 10.9. The molecule has 0 unspecified atom stereocenters. The highest BCUT2D eigenvalue weighted by molar-refractivity contribution is 7.25. The topological polar surface area (TPSA) is 35.6 Å². The van der Waals surface area contributed by atoms with Gasteiger partial charge < -0.3 is 4.57 Å². The summed E-state index contributed by atoms with van der Waals surface area (Å²) in [5.41, 5.74) is 8.65. The number of nitrogens with zero attached hydrogens (tertiary/aromatic N) is 4. The Hall–Kier alpha value is -7.34. The van der Waals surface area contributed by atoms with E-state index < -0.39 is 0 Å². The Balaban J connectivity index is 1.13. The molecule has 13 aromatic rings. The fourth-order valence-electron chi connectivity index (χ4n) is 9.39. The third kappa shape index (κ3) is 4.37. The van der Waals surface area contributed by atoms with E-state index in [9.17, 15) is 0 Å². The Morgan fingerprint density at radius 3 is 1.79 bits per heavy atom. The number of fused-ring (bicyclic) bond motifs is 12. The van der Waals surface area contributed by atoms with Crippen LogP contribution in [0.15, 0.2) is 182 Å². The van der Waals surface area contributed by atoms with Crippen molar-refractivity contribution in [2.24, 2.45) is 0 Å². The molecule has 0 saturated heterocycles. The number of benzene rings is 9. The van der Waals surface area contributed by atoms with Crippen LogP contribution in [0.25, 0.3) is 119 Å². The van der Waals surface area contributed by atoms with Crippen molar-refractivity contribution in [1.82, 2.24) is 19.1 Å². The molecular weight excluding hydrogens is 713 g/mol. The first-order valence-corrected chi connectivity index (χ1v) is 20.1. The van der Waals surface area contributed by atoms with Crippen LogP contribution < -0.4 is 0 Å². The fraction of sp³-hybridized carbons (Fsp3) is 0. The van der Waals surface area contributed by atoms with Gasteiger partial charge in [0.1, 0.15) is 0 Å². The molecule has 264 valence electrons. The zero-order chi connectivity index (χ0) is 37.2. The van der Waals surface area contributed by atoms with E-state index in [1.165, 1.54) is 74.3 Å². The van der Waals surface area contributed by atoms with Gasteiger partial charge in [-0.05, 0) is 76.8 Å². The molecule has 9 aromatic carbocycles. The van der Waals surface area contributed by atoms with Crippen molar-refractivity contribution >= 4 is 108 Å². The highest BCUT2D eigenvalue weighted by atomic mass is 32.1. The van der Waals surface area contributed by atoms with Crippen molar-refractivity contribution in [3.05, 3.63) is 182 Å². The molecular formula is C52H30N4S. The van der Waals surface area contributed by atoms with Gasteiger partial charge in [-0.3, -0.25) is 4.57 Å². The first-order chi connectivity index (χ1) is 28.3. The zero-order valence-corrected chi connectivity index (χ0v) is 31.3. The Kier molecular flexibility index (Phi) is 6.29. The highest BCUT2D eigenvalue weighted by Gasteiger charge is 2.21. The number of hydrogen-bond acceptors (Lipinski definition) is 3. The molecule has 13 rings (SSSR count). The molecule has 0 atom stereocenters. The van der Waals surface area contributed by atoms with E-state index in [0.717, 1.165) is 38.9 Å². The van der Waals surface area contributed by atoms with E-state index in [1.807, 2.05) is 11.3 Å². The molecule has 0 amide bonds. The second-order valence-corrected chi connectivity index (χ2v) is 16.0. The molecule has 0 spiro atoms. The summed E-state index contributed by atoms with van der Waals surface area (Å²) in [6.07, 6.45) is 0. The minimum absolute atomic E-state index is 0.659. The van der Waals surface area contributed by atoms with Crippen molar-refractivity contribution in [3.63, 3.8) is 0 Å². The SMILES string of the molecule is c1ccc2cc3c(cc2c1)c1ccccc1n3-c1cccc2cc3c4ccccc4n(-c4nc(-c5cccc6sc7ccccc7c56)c5ccccc5n4)c3cc12. The summed E-state index contributed by atoms with van der Waals surface area (Å²) in [5.74, 6) is 0.659. The average Bonchev–Trinajstić information content (AvgIpc) is 3.91. The molecule has 0 bridgehead atoms. The van der Waals surface area contributed by atoms with E-state index in [-0.39, 0.29) is 0 Å². The average molecular weight is 743 g/mol. The van der Waals surface area contributed by atoms with Crippen molar-refractivity contribution in [2.45, 2.75) is 0 Å². The molecule has 4 aromatic heterocycles. The van der Waals surface area contributed by atoms with Crippen molar-refractivity contribution in [1.29, 1.82) is 0 Å². The summed E-state index contributed by atoms with van der Waals surface area (Å²) >= 11 is 1.83. The van der Waals surface area contributed by atoms with E-state index >= 15 is 0 Å². The van der Waals surface area contributed by atoms with Gasteiger partial charge in [0.15, 0.2) is 0 Å². The normalized spacial score (nSPS) is 12.2. The standard InChI is InChI=1S/C52H30N4S/c1-2-14-32-29-46-40(27-31(32)13-1)34-16-4-8-22-43(34)55(46)45-24-11-15-33-28-41-35-17-5-9-23-44(35)56(47(41)30-39(33)45)52-53-42-21-7-3-18-36(42)51(54-52)38-20-12-26-49-50(38)37-19-6-10-25-48(37)57-49/h1-30H. The third-order valence-corrected chi connectivity index (χ3v) is 13.0. The van der Waals surface area contributed by atoms with E-state index in [1.54, 1.807) is 0 Å². The predicted octanol–water partition coefficient (Wildman–Crippen LogP) is 14.2. The van der Waals surface area contributed by atoms with Gasteiger partial charge in [-0.1, -0.05) is 121 Å². The zero-order valence-electron chi connectivity index (χ0n) is 30.5. The van der Waals surface area contributed by atoms with Gasteiger partial charge in [0.25, 0.3) is 0 Å². The number of hydrogen-bond donors (Lipinski definition) is 0. The van der Waals surface area contributed by atoms with Gasteiger partial charge in [0.2, 0.25) is 5.95 Å². The molecule has 0 N–H and O–H groups in total.